The summed E-state index contributed by atoms with van der Waals surface area (Å²) in [6.45, 7) is 4.13. The Morgan fingerprint density at radius 3 is 2.68 bits per heavy atom. The largest absolute Gasteiger partial charge is 0.330 e. The van der Waals surface area contributed by atoms with Gasteiger partial charge in [0.2, 0.25) is 10.0 Å². The molecule has 2 aromatic rings. The molecule has 0 atom stereocenters. The average molecular weight is 321 g/mol. The number of nitrogens with zero attached hydrogens (tertiary/aromatic N) is 3. The Hall–Kier alpha value is -1.40. The Kier molecular flexibility index (Phi) is 4.49. The second-order valence-electron chi connectivity index (χ2n) is 6.04. The summed E-state index contributed by atoms with van der Waals surface area (Å²) in [5, 5.41) is 0. The second-order valence-corrected chi connectivity index (χ2v) is 8.13. The molecule has 1 aliphatic heterocycles. The maximum atomic E-state index is 12.1. The molecule has 0 bridgehead atoms. The summed E-state index contributed by atoms with van der Waals surface area (Å²) in [5.41, 5.74) is 2.17. The number of imidazole rings is 1. The minimum Gasteiger partial charge on any atom is -0.330 e. The van der Waals surface area contributed by atoms with Crippen molar-refractivity contribution < 1.29 is 8.42 Å². The van der Waals surface area contributed by atoms with Crippen LogP contribution in [0, 0.1) is 5.92 Å². The number of para-hydroxylation sites is 2. The number of hydrogen-bond acceptors (Lipinski definition) is 3. The van der Waals surface area contributed by atoms with Gasteiger partial charge in [0, 0.05) is 19.6 Å². The van der Waals surface area contributed by atoms with Crippen molar-refractivity contribution in [3.8, 4) is 0 Å². The minimum atomic E-state index is -3.04. The minimum absolute atomic E-state index is 0.268. The first-order chi connectivity index (χ1) is 10.6. The Morgan fingerprint density at radius 2 is 1.95 bits per heavy atom. The molecule has 22 heavy (non-hydrogen) atoms. The molecule has 1 saturated heterocycles. The quantitative estimate of drug-likeness (QED) is 0.850. The molecule has 0 amide bonds. The van der Waals surface area contributed by atoms with E-state index in [0.29, 0.717) is 25.4 Å². The van der Waals surface area contributed by atoms with Crippen molar-refractivity contribution in [2.75, 3.05) is 18.8 Å². The predicted molar refractivity (Wildman–Crippen MR) is 88.1 cm³/mol. The normalized spacial score (nSPS) is 18.0. The van der Waals surface area contributed by atoms with Crippen molar-refractivity contribution in [2.45, 2.75) is 32.7 Å². The van der Waals surface area contributed by atoms with Crippen LogP contribution in [-0.2, 0) is 16.6 Å². The first-order valence-electron chi connectivity index (χ1n) is 7.98. The van der Waals surface area contributed by atoms with E-state index in [1.165, 1.54) is 0 Å². The van der Waals surface area contributed by atoms with Crippen molar-refractivity contribution in [2.24, 2.45) is 5.92 Å². The van der Waals surface area contributed by atoms with Gasteiger partial charge >= 0.3 is 0 Å². The van der Waals surface area contributed by atoms with E-state index in [0.717, 1.165) is 30.4 Å². The van der Waals surface area contributed by atoms with Gasteiger partial charge in [0.15, 0.2) is 0 Å². The molecular weight excluding hydrogens is 298 g/mol. The summed E-state index contributed by atoms with van der Waals surface area (Å²) in [4.78, 5) is 4.42. The predicted octanol–water partition coefficient (Wildman–Crippen LogP) is 2.49. The molecule has 0 radical (unpaired) electrons. The summed E-state index contributed by atoms with van der Waals surface area (Å²) in [6.07, 6.45) is 4.43. The fourth-order valence-corrected chi connectivity index (χ4v) is 4.73. The van der Waals surface area contributed by atoms with Gasteiger partial charge in [-0.1, -0.05) is 19.1 Å². The summed E-state index contributed by atoms with van der Waals surface area (Å²) in [5.74, 6) is 0.787. The number of rotatable bonds is 5. The summed E-state index contributed by atoms with van der Waals surface area (Å²) in [7, 11) is -3.04. The Balaban J connectivity index is 1.63. The van der Waals surface area contributed by atoms with Gasteiger partial charge in [0.1, 0.15) is 0 Å². The molecule has 1 aliphatic rings. The summed E-state index contributed by atoms with van der Waals surface area (Å²) < 4.78 is 28.0. The van der Waals surface area contributed by atoms with Crippen LogP contribution in [0.2, 0.25) is 0 Å². The van der Waals surface area contributed by atoms with E-state index in [2.05, 4.69) is 15.6 Å². The zero-order chi connectivity index (χ0) is 15.6. The Labute approximate surface area is 132 Å². The highest BCUT2D eigenvalue weighted by molar-refractivity contribution is 7.89. The van der Waals surface area contributed by atoms with Crippen molar-refractivity contribution in [1.29, 1.82) is 0 Å². The molecule has 0 aliphatic carbocycles. The monoisotopic (exact) mass is 321 g/mol. The standard InChI is InChI=1S/C16H23N3O2S/c1-2-11-22(20,21)19-9-7-14(8-10-19)12-18-13-17-15-5-3-4-6-16(15)18/h3-6,13-14H,2,7-12H2,1H3. The summed E-state index contributed by atoms with van der Waals surface area (Å²) in [6, 6.07) is 8.13. The topological polar surface area (TPSA) is 55.2 Å². The van der Waals surface area contributed by atoms with E-state index >= 15 is 0 Å². The fraction of sp³-hybridized carbons (Fsp3) is 0.562. The molecule has 3 rings (SSSR count). The van der Waals surface area contributed by atoms with E-state index in [-0.39, 0.29) is 5.75 Å². The van der Waals surface area contributed by atoms with Crippen molar-refractivity contribution in [3.63, 3.8) is 0 Å². The van der Waals surface area contributed by atoms with Crippen molar-refractivity contribution >= 4 is 21.1 Å². The summed E-state index contributed by atoms with van der Waals surface area (Å²) >= 11 is 0. The maximum Gasteiger partial charge on any atom is 0.214 e. The van der Waals surface area contributed by atoms with Gasteiger partial charge in [0.05, 0.1) is 23.1 Å². The number of fused-ring (bicyclic) bond motifs is 1. The van der Waals surface area contributed by atoms with E-state index in [1.54, 1.807) is 4.31 Å². The number of piperidine rings is 1. The zero-order valence-corrected chi connectivity index (χ0v) is 13.8. The SMILES string of the molecule is CCCS(=O)(=O)N1CCC(Cn2cnc3ccccc32)CC1. The number of aromatic nitrogens is 2. The van der Waals surface area contributed by atoms with Crippen molar-refractivity contribution in [1.82, 2.24) is 13.9 Å². The van der Waals surface area contributed by atoms with Gasteiger partial charge in [-0.2, -0.15) is 0 Å². The first kappa shape index (κ1) is 15.5. The van der Waals surface area contributed by atoms with E-state index < -0.39 is 10.0 Å². The van der Waals surface area contributed by atoms with E-state index in [9.17, 15) is 8.42 Å². The molecule has 120 valence electrons. The molecule has 0 saturated carbocycles. The highest BCUT2D eigenvalue weighted by Gasteiger charge is 2.27. The van der Waals surface area contributed by atoms with Crippen LogP contribution < -0.4 is 0 Å². The molecule has 2 heterocycles. The smallest absolute Gasteiger partial charge is 0.214 e. The third kappa shape index (κ3) is 3.17. The molecule has 1 fully saturated rings. The van der Waals surface area contributed by atoms with Gasteiger partial charge in [-0.05, 0) is 37.3 Å². The lowest BCUT2D eigenvalue weighted by molar-refractivity contribution is 0.254. The molecule has 0 spiro atoms. The first-order valence-corrected chi connectivity index (χ1v) is 9.59. The third-order valence-corrected chi connectivity index (χ3v) is 6.49. The van der Waals surface area contributed by atoms with Crippen LogP contribution in [0.25, 0.3) is 11.0 Å². The molecule has 6 heteroatoms. The highest BCUT2D eigenvalue weighted by atomic mass is 32.2. The van der Waals surface area contributed by atoms with Crippen LogP contribution in [0.1, 0.15) is 26.2 Å². The van der Waals surface area contributed by atoms with Gasteiger partial charge in [-0.15, -0.1) is 0 Å². The number of sulfonamides is 1. The van der Waals surface area contributed by atoms with Gasteiger partial charge < -0.3 is 4.57 Å². The average Bonchev–Trinajstić information content (AvgIpc) is 2.91. The van der Waals surface area contributed by atoms with Gasteiger partial charge in [-0.3, -0.25) is 0 Å². The van der Waals surface area contributed by atoms with E-state index in [1.807, 2.05) is 31.5 Å². The van der Waals surface area contributed by atoms with Crippen LogP contribution >= 0.6 is 0 Å². The third-order valence-electron chi connectivity index (χ3n) is 4.41. The second kappa shape index (κ2) is 6.38. The highest BCUT2D eigenvalue weighted by Crippen LogP contribution is 2.23. The Bertz CT molecular complexity index is 731. The molecule has 1 aromatic carbocycles. The van der Waals surface area contributed by atoms with Crippen LogP contribution in [0.4, 0.5) is 0 Å². The molecular formula is C16H23N3O2S. The Morgan fingerprint density at radius 1 is 1.23 bits per heavy atom. The van der Waals surface area contributed by atoms with Gasteiger partial charge in [0.25, 0.3) is 0 Å². The van der Waals surface area contributed by atoms with Crippen LogP contribution in [0.5, 0.6) is 0 Å². The number of hydrogen-bond donors (Lipinski definition) is 0. The van der Waals surface area contributed by atoms with Gasteiger partial charge in [-0.25, -0.2) is 17.7 Å². The lowest BCUT2D eigenvalue weighted by Crippen LogP contribution is -2.40. The van der Waals surface area contributed by atoms with Crippen molar-refractivity contribution in [3.05, 3.63) is 30.6 Å². The lowest BCUT2D eigenvalue weighted by atomic mass is 9.98. The fourth-order valence-electron chi connectivity index (χ4n) is 3.19. The molecule has 5 nitrogen and oxygen atoms in total. The zero-order valence-electron chi connectivity index (χ0n) is 13.0. The molecule has 0 N–H and O–H groups in total. The van der Waals surface area contributed by atoms with Crippen LogP contribution in [-0.4, -0.2) is 41.1 Å². The van der Waals surface area contributed by atoms with Crippen LogP contribution in [0.3, 0.4) is 0 Å². The maximum absolute atomic E-state index is 12.1. The lowest BCUT2D eigenvalue weighted by Gasteiger charge is -2.31. The molecule has 0 unspecified atom stereocenters. The number of benzene rings is 1. The van der Waals surface area contributed by atoms with Crippen LogP contribution in [0.15, 0.2) is 30.6 Å². The molecule has 1 aromatic heterocycles. The van der Waals surface area contributed by atoms with E-state index in [4.69, 9.17) is 0 Å².